The van der Waals surface area contributed by atoms with Crippen molar-refractivity contribution in [1.29, 1.82) is 0 Å². The van der Waals surface area contributed by atoms with E-state index in [1.807, 2.05) is 0 Å². The van der Waals surface area contributed by atoms with Crippen LogP contribution >= 0.6 is 0 Å². The second-order valence-electron chi connectivity index (χ2n) is 0.519. The third kappa shape index (κ3) is 207. The van der Waals surface area contributed by atoms with E-state index in [9.17, 15) is 0 Å². The van der Waals surface area contributed by atoms with E-state index in [4.69, 9.17) is 9.90 Å². The highest BCUT2D eigenvalue weighted by Crippen LogP contribution is 1.42. The average Bonchev–Trinajstić information content (AvgIpc) is 0.811. The van der Waals surface area contributed by atoms with E-state index in [1.54, 1.807) is 0 Å². The predicted molar refractivity (Wildman–Crippen MR) is 27.8 cm³/mol. The second kappa shape index (κ2) is 33.3. The van der Waals surface area contributed by atoms with Gasteiger partial charge in [0.05, 0.1) is 0 Å². The number of carbonyl (C=O) groups is 1. The first-order valence-corrected chi connectivity index (χ1v) is 0.928. The Bertz CT molecular complexity index is 29.5. The number of aliphatic carboxylic acids is 1. The van der Waals surface area contributed by atoms with Crippen LogP contribution in [0.4, 0.5) is 0 Å². The van der Waals surface area contributed by atoms with Gasteiger partial charge in [-0.1, -0.05) is 0 Å². The fourth-order valence-electron chi connectivity index (χ4n) is 0. The maximum Gasteiger partial charge on any atom is 0.300 e. The highest BCUT2D eigenvalue weighted by Gasteiger charge is 1.65. The summed E-state index contributed by atoms with van der Waals surface area (Å²) in [5.41, 5.74) is 0. The molecule has 0 radical (unpaired) electrons. The van der Waals surface area contributed by atoms with Crippen molar-refractivity contribution >= 4 is 5.97 Å². The van der Waals surface area contributed by atoms with E-state index in [0.717, 1.165) is 6.92 Å². The minimum atomic E-state index is -0.833. The zero-order valence-electron chi connectivity index (χ0n) is 4.36. The number of carboxylic acid groups (broad SMARTS) is 1. The van der Waals surface area contributed by atoms with Gasteiger partial charge in [0.1, 0.15) is 0 Å². The molecule has 0 fully saturated rings. The molecule has 0 unspecified atom stereocenters. The second-order valence-corrected chi connectivity index (χ2v) is 0.519. The predicted octanol–water partition coefficient (Wildman–Crippen LogP) is -3.21. The number of carboxylic acids is 1. The van der Waals surface area contributed by atoms with Crippen LogP contribution in [0, 0.1) is 0 Å². The summed E-state index contributed by atoms with van der Waals surface area (Å²) in [6.45, 7) is 1.08. The molecule has 0 aromatic heterocycles. The van der Waals surface area contributed by atoms with Gasteiger partial charge >= 0.3 is 0 Å². The molecule has 0 aromatic carbocycles. The lowest BCUT2D eigenvalue weighted by molar-refractivity contribution is -0.134. The van der Waals surface area contributed by atoms with Crippen LogP contribution in [-0.4, -0.2) is 33.0 Å². The molecule has 0 aromatic rings. The molecule has 8 heavy (non-hydrogen) atoms. The zero-order valence-corrected chi connectivity index (χ0v) is 4.36. The minimum absolute atomic E-state index is 0. The Morgan fingerprint density at radius 1 is 1.12 bits per heavy atom. The average molecular weight is 132 g/mol. The molecule has 0 spiro atoms. The van der Waals surface area contributed by atoms with Crippen molar-refractivity contribution in [1.82, 2.24) is 0 Å². The van der Waals surface area contributed by atoms with Crippen LogP contribution in [0.1, 0.15) is 6.92 Å². The lowest BCUT2D eigenvalue weighted by Gasteiger charge is -1.59. The Balaban J connectivity index is -0.00000000750. The highest BCUT2D eigenvalue weighted by molar-refractivity contribution is 5.62. The first-order chi connectivity index (χ1) is 1.73. The third-order valence-electron chi connectivity index (χ3n) is 0. The van der Waals surface area contributed by atoms with Gasteiger partial charge in [-0.15, -0.1) is 0 Å². The molecule has 0 rings (SSSR count). The van der Waals surface area contributed by atoms with Crippen molar-refractivity contribution in [2.24, 2.45) is 0 Å². The molecular formula is C2H12O6. The SMILES string of the molecule is CC(=O)O.O.O.O.O. The Morgan fingerprint density at radius 2 is 1.12 bits per heavy atom. The van der Waals surface area contributed by atoms with Crippen molar-refractivity contribution < 1.29 is 31.8 Å². The van der Waals surface area contributed by atoms with E-state index < -0.39 is 5.97 Å². The molecule has 0 bridgehead atoms. The Labute approximate surface area is 46.0 Å². The quantitative estimate of drug-likeness (QED) is 0.367. The zero-order chi connectivity index (χ0) is 3.58. The molecule has 0 atom stereocenters. The topological polar surface area (TPSA) is 163 Å². The molecule has 6 nitrogen and oxygen atoms in total. The van der Waals surface area contributed by atoms with E-state index in [-0.39, 0.29) is 21.9 Å². The van der Waals surface area contributed by atoms with Gasteiger partial charge in [0, 0.05) is 6.92 Å². The summed E-state index contributed by atoms with van der Waals surface area (Å²) in [6, 6.07) is 0. The lowest BCUT2D eigenvalue weighted by Crippen LogP contribution is -1.78. The van der Waals surface area contributed by atoms with Crippen LogP contribution in [0.3, 0.4) is 0 Å². The van der Waals surface area contributed by atoms with E-state index in [0.29, 0.717) is 0 Å². The van der Waals surface area contributed by atoms with Gasteiger partial charge in [0.15, 0.2) is 0 Å². The van der Waals surface area contributed by atoms with Crippen molar-refractivity contribution in [3.63, 3.8) is 0 Å². The van der Waals surface area contributed by atoms with E-state index in [2.05, 4.69) is 0 Å². The number of rotatable bonds is 0. The van der Waals surface area contributed by atoms with Crippen LogP contribution < -0.4 is 0 Å². The van der Waals surface area contributed by atoms with Crippen molar-refractivity contribution in [3.8, 4) is 0 Å². The van der Waals surface area contributed by atoms with Gasteiger partial charge in [0.25, 0.3) is 5.97 Å². The van der Waals surface area contributed by atoms with Crippen LogP contribution in [0.15, 0.2) is 0 Å². The highest BCUT2D eigenvalue weighted by atomic mass is 16.4. The van der Waals surface area contributed by atoms with Gasteiger partial charge < -0.3 is 27.0 Å². The standard InChI is InChI=1S/C2H4O2.4H2O/c1-2(3)4;;;;/h1H3,(H,3,4);4*1H2. The molecule has 0 aliphatic heterocycles. The Hall–Kier alpha value is -0.690. The number of hydrogen-bond acceptors (Lipinski definition) is 1. The summed E-state index contributed by atoms with van der Waals surface area (Å²) in [5, 5.41) is 7.42. The molecule has 0 saturated carbocycles. The molecular weight excluding hydrogens is 120 g/mol. The summed E-state index contributed by atoms with van der Waals surface area (Å²) in [6.07, 6.45) is 0. The van der Waals surface area contributed by atoms with Crippen molar-refractivity contribution in [3.05, 3.63) is 0 Å². The summed E-state index contributed by atoms with van der Waals surface area (Å²) >= 11 is 0. The van der Waals surface area contributed by atoms with Gasteiger partial charge in [-0.2, -0.15) is 0 Å². The van der Waals surface area contributed by atoms with Crippen molar-refractivity contribution in [2.45, 2.75) is 6.92 Å². The Kier molecular flexibility index (Phi) is 227. The fourth-order valence-corrected chi connectivity index (χ4v) is 0. The van der Waals surface area contributed by atoms with E-state index in [1.165, 1.54) is 0 Å². The molecule has 0 saturated heterocycles. The van der Waals surface area contributed by atoms with E-state index >= 15 is 0 Å². The summed E-state index contributed by atoms with van der Waals surface area (Å²) in [4.78, 5) is 9.00. The largest absolute Gasteiger partial charge is 0.481 e. The van der Waals surface area contributed by atoms with Crippen molar-refractivity contribution in [2.75, 3.05) is 0 Å². The van der Waals surface area contributed by atoms with Gasteiger partial charge in [-0.05, 0) is 0 Å². The summed E-state index contributed by atoms with van der Waals surface area (Å²) in [5.74, 6) is -0.833. The number of hydrogen-bond donors (Lipinski definition) is 1. The molecule has 0 aliphatic rings. The normalized spacial score (nSPS) is 3.12. The molecule has 6 heteroatoms. The molecule has 0 heterocycles. The monoisotopic (exact) mass is 132 g/mol. The third-order valence-corrected chi connectivity index (χ3v) is 0. The minimum Gasteiger partial charge on any atom is -0.481 e. The fraction of sp³-hybridized carbons (Fsp3) is 0.500. The summed E-state index contributed by atoms with van der Waals surface area (Å²) < 4.78 is 0. The molecule has 9 N–H and O–H groups in total. The maximum atomic E-state index is 9.00. The van der Waals surface area contributed by atoms with Gasteiger partial charge in [-0.25, -0.2) is 0 Å². The van der Waals surface area contributed by atoms with Gasteiger partial charge in [0.2, 0.25) is 0 Å². The van der Waals surface area contributed by atoms with Crippen LogP contribution in [0.2, 0.25) is 0 Å². The molecule has 0 aliphatic carbocycles. The van der Waals surface area contributed by atoms with Crippen LogP contribution in [0.25, 0.3) is 0 Å². The van der Waals surface area contributed by atoms with Gasteiger partial charge in [-0.3, -0.25) is 4.79 Å². The molecule has 56 valence electrons. The smallest absolute Gasteiger partial charge is 0.300 e. The first-order valence-electron chi connectivity index (χ1n) is 0.928. The lowest BCUT2D eigenvalue weighted by atomic mass is 10.9. The first kappa shape index (κ1) is 54.5. The maximum absolute atomic E-state index is 9.00. The van der Waals surface area contributed by atoms with Crippen LogP contribution in [0.5, 0.6) is 0 Å². The van der Waals surface area contributed by atoms with Crippen LogP contribution in [-0.2, 0) is 4.79 Å². The summed E-state index contributed by atoms with van der Waals surface area (Å²) in [7, 11) is 0. The molecule has 0 amide bonds. The Morgan fingerprint density at radius 3 is 1.12 bits per heavy atom.